The number of morpholine rings is 1. The van der Waals surface area contributed by atoms with Gasteiger partial charge in [-0.2, -0.15) is 0 Å². The lowest BCUT2D eigenvalue weighted by Gasteiger charge is -2.36. The average molecular weight is 188 g/mol. The summed E-state index contributed by atoms with van der Waals surface area (Å²) in [7, 11) is 0. The van der Waals surface area contributed by atoms with Crippen molar-refractivity contribution in [2.75, 3.05) is 32.8 Å². The molecule has 2 unspecified atom stereocenters. The van der Waals surface area contributed by atoms with Gasteiger partial charge >= 0.3 is 0 Å². The molecule has 4 nitrogen and oxygen atoms in total. The summed E-state index contributed by atoms with van der Waals surface area (Å²) in [5, 5.41) is 8.95. The summed E-state index contributed by atoms with van der Waals surface area (Å²) in [6, 6.07) is 0.443. The summed E-state index contributed by atoms with van der Waals surface area (Å²) in [6.07, 6.45) is 1.05. The molecule has 78 valence electrons. The van der Waals surface area contributed by atoms with Crippen LogP contribution in [0.1, 0.15) is 13.3 Å². The van der Waals surface area contributed by atoms with Gasteiger partial charge in [-0.3, -0.25) is 4.90 Å². The quantitative estimate of drug-likeness (QED) is 0.619. The van der Waals surface area contributed by atoms with Crippen LogP contribution in [0.2, 0.25) is 0 Å². The molecule has 13 heavy (non-hydrogen) atoms. The maximum Gasteiger partial charge on any atom is 0.0932 e. The number of hydrogen-bond donors (Lipinski definition) is 2. The monoisotopic (exact) mass is 188 g/mol. The fourth-order valence-electron chi connectivity index (χ4n) is 1.76. The van der Waals surface area contributed by atoms with Crippen LogP contribution in [0, 0.1) is 0 Å². The molecule has 2 atom stereocenters. The van der Waals surface area contributed by atoms with Crippen molar-refractivity contribution in [3.8, 4) is 0 Å². The van der Waals surface area contributed by atoms with Crippen molar-refractivity contribution < 1.29 is 9.84 Å². The minimum absolute atomic E-state index is 0.0191. The lowest BCUT2D eigenvalue weighted by atomic mass is 10.1. The van der Waals surface area contributed by atoms with E-state index in [0.717, 1.165) is 19.5 Å². The Morgan fingerprint density at radius 3 is 3.00 bits per heavy atom. The first kappa shape index (κ1) is 10.9. The third-order valence-electron chi connectivity index (χ3n) is 2.63. The zero-order chi connectivity index (χ0) is 9.68. The van der Waals surface area contributed by atoms with Crippen molar-refractivity contribution in [3.05, 3.63) is 0 Å². The van der Waals surface area contributed by atoms with Crippen LogP contribution in [0.4, 0.5) is 0 Å². The minimum atomic E-state index is -0.0191. The third-order valence-corrected chi connectivity index (χ3v) is 2.63. The fourth-order valence-corrected chi connectivity index (χ4v) is 1.76. The number of ether oxygens (including phenoxy) is 1. The fraction of sp³-hybridized carbons (Fsp3) is 1.00. The van der Waals surface area contributed by atoms with Gasteiger partial charge in [0.2, 0.25) is 0 Å². The predicted octanol–water partition coefficient (Wildman–Crippen LogP) is -0.583. The van der Waals surface area contributed by atoms with E-state index in [1.54, 1.807) is 0 Å². The topological polar surface area (TPSA) is 58.7 Å². The summed E-state index contributed by atoms with van der Waals surface area (Å²) in [5.74, 6) is 0. The molecule has 0 radical (unpaired) electrons. The van der Waals surface area contributed by atoms with Gasteiger partial charge in [0.25, 0.3) is 0 Å². The normalized spacial score (nSPS) is 27.5. The number of aliphatic hydroxyl groups is 1. The van der Waals surface area contributed by atoms with Gasteiger partial charge in [-0.25, -0.2) is 0 Å². The molecule has 1 aliphatic heterocycles. The molecule has 0 aliphatic carbocycles. The van der Waals surface area contributed by atoms with Gasteiger partial charge in [0.15, 0.2) is 0 Å². The number of hydrogen-bond acceptors (Lipinski definition) is 4. The van der Waals surface area contributed by atoms with Crippen LogP contribution in [-0.4, -0.2) is 55.0 Å². The van der Waals surface area contributed by atoms with Gasteiger partial charge in [0, 0.05) is 25.7 Å². The molecule has 3 N–H and O–H groups in total. The van der Waals surface area contributed by atoms with Gasteiger partial charge in [-0.05, 0) is 6.42 Å². The first-order valence-electron chi connectivity index (χ1n) is 4.98. The van der Waals surface area contributed by atoms with Crippen LogP contribution in [0.5, 0.6) is 0 Å². The summed E-state index contributed by atoms with van der Waals surface area (Å²) < 4.78 is 5.36. The Balaban J connectivity index is 2.40. The van der Waals surface area contributed by atoms with E-state index in [-0.39, 0.29) is 12.7 Å². The standard InChI is InChI=1S/C9H20N2O2/c1-2-8(5-10)11-3-4-13-9(6-11)7-12/h8-9,12H,2-7,10H2,1H3. The van der Waals surface area contributed by atoms with Crippen molar-refractivity contribution in [2.45, 2.75) is 25.5 Å². The van der Waals surface area contributed by atoms with Crippen molar-refractivity contribution in [1.82, 2.24) is 4.90 Å². The van der Waals surface area contributed by atoms with Gasteiger partial charge < -0.3 is 15.6 Å². The van der Waals surface area contributed by atoms with Crippen molar-refractivity contribution >= 4 is 0 Å². The first-order valence-corrected chi connectivity index (χ1v) is 4.98. The largest absolute Gasteiger partial charge is 0.394 e. The van der Waals surface area contributed by atoms with Crippen LogP contribution in [0.15, 0.2) is 0 Å². The lowest BCUT2D eigenvalue weighted by molar-refractivity contribution is -0.0640. The number of nitrogens with zero attached hydrogens (tertiary/aromatic N) is 1. The Morgan fingerprint density at radius 2 is 2.46 bits per heavy atom. The highest BCUT2D eigenvalue weighted by Crippen LogP contribution is 2.10. The molecule has 4 heteroatoms. The van der Waals surface area contributed by atoms with E-state index in [1.165, 1.54) is 0 Å². The maximum absolute atomic E-state index is 8.95. The summed E-state index contributed by atoms with van der Waals surface area (Å²) in [6.45, 7) is 5.40. The van der Waals surface area contributed by atoms with Crippen molar-refractivity contribution in [2.24, 2.45) is 5.73 Å². The zero-order valence-electron chi connectivity index (χ0n) is 8.28. The molecule has 1 heterocycles. The van der Waals surface area contributed by atoms with E-state index >= 15 is 0 Å². The van der Waals surface area contributed by atoms with Crippen LogP contribution < -0.4 is 5.73 Å². The Hall–Kier alpha value is -0.160. The molecule has 0 aromatic rings. The van der Waals surface area contributed by atoms with Gasteiger partial charge in [0.05, 0.1) is 19.3 Å². The minimum Gasteiger partial charge on any atom is -0.394 e. The summed E-state index contributed by atoms with van der Waals surface area (Å²) >= 11 is 0. The van der Waals surface area contributed by atoms with Crippen LogP contribution in [-0.2, 0) is 4.74 Å². The van der Waals surface area contributed by atoms with Crippen molar-refractivity contribution in [1.29, 1.82) is 0 Å². The highest BCUT2D eigenvalue weighted by atomic mass is 16.5. The third kappa shape index (κ3) is 2.91. The second-order valence-corrected chi connectivity index (χ2v) is 3.47. The number of rotatable bonds is 4. The molecule has 0 aromatic carbocycles. The van der Waals surface area contributed by atoms with E-state index in [2.05, 4.69) is 11.8 Å². The zero-order valence-corrected chi connectivity index (χ0v) is 8.28. The number of nitrogens with two attached hydrogens (primary N) is 1. The summed E-state index contributed by atoms with van der Waals surface area (Å²) in [5.41, 5.74) is 5.66. The lowest BCUT2D eigenvalue weighted by Crippen LogP contribution is -2.50. The van der Waals surface area contributed by atoms with Crippen molar-refractivity contribution in [3.63, 3.8) is 0 Å². The smallest absolute Gasteiger partial charge is 0.0932 e. The Kier molecular flexibility index (Phi) is 4.66. The Bertz CT molecular complexity index is 140. The van der Waals surface area contributed by atoms with Crippen LogP contribution in [0.25, 0.3) is 0 Å². The molecular weight excluding hydrogens is 168 g/mol. The second kappa shape index (κ2) is 5.54. The molecule has 1 fully saturated rings. The molecular formula is C9H20N2O2. The molecule has 1 rings (SSSR count). The van der Waals surface area contributed by atoms with E-state index < -0.39 is 0 Å². The molecule has 1 aliphatic rings. The van der Waals surface area contributed by atoms with Gasteiger partial charge in [-0.15, -0.1) is 0 Å². The highest BCUT2D eigenvalue weighted by molar-refractivity contribution is 4.77. The van der Waals surface area contributed by atoms with Gasteiger partial charge in [0.1, 0.15) is 0 Å². The molecule has 0 aromatic heterocycles. The summed E-state index contributed by atoms with van der Waals surface area (Å²) in [4.78, 5) is 2.31. The first-order chi connectivity index (χ1) is 6.31. The second-order valence-electron chi connectivity index (χ2n) is 3.47. The Labute approximate surface area is 79.7 Å². The molecule has 0 amide bonds. The van der Waals surface area contributed by atoms with E-state index in [9.17, 15) is 0 Å². The molecule has 0 spiro atoms. The molecule has 0 bridgehead atoms. The average Bonchev–Trinajstić information content (AvgIpc) is 2.20. The molecule has 0 saturated carbocycles. The number of aliphatic hydroxyl groups excluding tert-OH is 1. The molecule has 1 saturated heterocycles. The van der Waals surface area contributed by atoms with E-state index in [4.69, 9.17) is 15.6 Å². The Morgan fingerprint density at radius 1 is 1.69 bits per heavy atom. The SMILES string of the molecule is CCC(CN)N1CCOC(CO)C1. The predicted molar refractivity (Wildman–Crippen MR) is 51.5 cm³/mol. The maximum atomic E-state index is 8.95. The van der Waals surface area contributed by atoms with Crippen LogP contribution >= 0.6 is 0 Å². The van der Waals surface area contributed by atoms with Crippen LogP contribution in [0.3, 0.4) is 0 Å². The van der Waals surface area contributed by atoms with E-state index in [1.807, 2.05) is 0 Å². The van der Waals surface area contributed by atoms with E-state index in [0.29, 0.717) is 19.2 Å². The highest BCUT2D eigenvalue weighted by Gasteiger charge is 2.23. The van der Waals surface area contributed by atoms with Gasteiger partial charge in [-0.1, -0.05) is 6.92 Å².